The lowest BCUT2D eigenvalue weighted by molar-refractivity contribution is 0.0776. The second-order valence-electron chi connectivity index (χ2n) is 4.06. The predicted octanol–water partition coefficient (Wildman–Crippen LogP) is -0.220. The number of nitrogens with one attached hydrogen (secondary N) is 2. The number of rotatable bonds is 4. The molecular formula is C10H19N3O2. The molecule has 2 amide bonds. The number of amides is 2. The van der Waals surface area contributed by atoms with Gasteiger partial charge in [-0.25, -0.2) is 4.79 Å². The minimum absolute atomic E-state index is 0.0729. The van der Waals surface area contributed by atoms with Crippen molar-refractivity contribution >= 4 is 6.03 Å². The van der Waals surface area contributed by atoms with Gasteiger partial charge in [-0.1, -0.05) is 0 Å². The fourth-order valence-electron chi connectivity index (χ4n) is 2.03. The van der Waals surface area contributed by atoms with Crippen LogP contribution in [0.5, 0.6) is 0 Å². The minimum Gasteiger partial charge on any atom is -0.381 e. The van der Waals surface area contributed by atoms with E-state index < -0.39 is 0 Å². The average molecular weight is 213 g/mol. The zero-order valence-electron chi connectivity index (χ0n) is 9.00. The highest BCUT2D eigenvalue weighted by Gasteiger charge is 2.19. The van der Waals surface area contributed by atoms with E-state index in [4.69, 9.17) is 4.74 Å². The molecule has 0 aromatic heterocycles. The molecule has 5 nitrogen and oxygen atoms in total. The quantitative estimate of drug-likeness (QED) is 0.679. The molecule has 0 aromatic rings. The molecule has 0 radical (unpaired) electrons. The van der Waals surface area contributed by atoms with E-state index in [9.17, 15) is 4.79 Å². The van der Waals surface area contributed by atoms with Crippen molar-refractivity contribution in [1.29, 1.82) is 0 Å². The molecule has 0 spiro atoms. The van der Waals surface area contributed by atoms with Crippen LogP contribution in [0.15, 0.2) is 0 Å². The molecule has 0 atom stereocenters. The Balaban J connectivity index is 1.59. The van der Waals surface area contributed by atoms with Crippen LogP contribution in [-0.2, 0) is 4.74 Å². The Labute approximate surface area is 90.1 Å². The van der Waals surface area contributed by atoms with Gasteiger partial charge in [0.05, 0.1) is 0 Å². The Hall–Kier alpha value is -0.810. The van der Waals surface area contributed by atoms with Crippen molar-refractivity contribution in [2.24, 2.45) is 0 Å². The van der Waals surface area contributed by atoms with Crippen molar-refractivity contribution in [3.63, 3.8) is 0 Å². The summed E-state index contributed by atoms with van der Waals surface area (Å²) in [6, 6.07) is 0.646. The third kappa shape index (κ3) is 3.07. The van der Waals surface area contributed by atoms with Crippen LogP contribution >= 0.6 is 0 Å². The van der Waals surface area contributed by atoms with Gasteiger partial charge in [-0.05, 0) is 12.8 Å². The van der Waals surface area contributed by atoms with E-state index >= 15 is 0 Å². The first-order valence-corrected chi connectivity index (χ1v) is 5.70. The number of hydrogen-bond donors (Lipinski definition) is 2. The van der Waals surface area contributed by atoms with E-state index in [1.165, 1.54) is 0 Å². The van der Waals surface area contributed by atoms with E-state index in [-0.39, 0.29) is 6.03 Å². The zero-order valence-corrected chi connectivity index (χ0v) is 9.00. The fourth-order valence-corrected chi connectivity index (χ4v) is 2.03. The third-order valence-corrected chi connectivity index (χ3v) is 2.98. The molecule has 0 unspecified atom stereocenters. The summed E-state index contributed by atoms with van der Waals surface area (Å²) < 4.78 is 5.28. The number of ether oxygens (including phenoxy) is 1. The van der Waals surface area contributed by atoms with E-state index in [0.29, 0.717) is 6.04 Å². The highest BCUT2D eigenvalue weighted by Crippen LogP contribution is 2.05. The highest BCUT2D eigenvalue weighted by molar-refractivity contribution is 5.76. The van der Waals surface area contributed by atoms with Gasteiger partial charge in [0.2, 0.25) is 0 Å². The summed E-state index contributed by atoms with van der Waals surface area (Å²) in [4.78, 5) is 13.1. The van der Waals surface area contributed by atoms with Gasteiger partial charge in [0.25, 0.3) is 0 Å². The molecule has 2 aliphatic heterocycles. The topological polar surface area (TPSA) is 53.6 Å². The van der Waals surface area contributed by atoms with Gasteiger partial charge in [0.1, 0.15) is 0 Å². The van der Waals surface area contributed by atoms with Crippen molar-refractivity contribution in [2.75, 3.05) is 39.4 Å². The standard InChI is InChI=1S/C10H19N3O2/c14-10-12-4-6-13(10)5-3-11-9-1-7-15-8-2-9/h9,11H,1-8H2,(H,12,14). The summed E-state index contributed by atoms with van der Waals surface area (Å²) in [6.07, 6.45) is 2.18. The van der Waals surface area contributed by atoms with Crippen molar-refractivity contribution in [2.45, 2.75) is 18.9 Å². The molecule has 2 aliphatic rings. The van der Waals surface area contributed by atoms with E-state index in [0.717, 1.165) is 52.2 Å². The Morgan fingerprint density at radius 1 is 1.47 bits per heavy atom. The van der Waals surface area contributed by atoms with E-state index in [2.05, 4.69) is 10.6 Å². The summed E-state index contributed by atoms with van der Waals surface area (Å²) in [5.74, 6) is 0. The van der Waals surface area contributed by atoms with Crippen LogP contribution in [0, 0.1) is 0 Å². The highest BCUT2D eigenvalue weighted by atomic mass is 16.5. The lowest BCUT2D eigenvalue weighted by Crippen LogP contribution is -2.40. The van der Waals surface area contributed by atoms with Crippen molar-refractivity contribution in [3.05, 3.63) is 0 Å². The minimum atomic E-state index is 0.0729. The normalized spacial score (nSPS) is 23.2. The molecule has 2 rings (SSSR count). The van der Waals surface area contributed by atoms with E-state index in [1.807, 2.05) is 4.90 Å². The lowest BCUT2D eigenvalue weighted by atomic mass is 10.1. The van der Waals surface area contributed by atoms with Gasteiger partial charge in [0, 0.05) is 45.4 Å². The van der Waals surface area contributed by atoms with E-state index in [1.54, 1.807) is 0 Å². The van der Waals surface area contributed by atoms with Gasteiger partial charge in [-0.15, -0.1) is 0 Å². The number of carbonyl (C=O) groups excluding carboxylic acids is 1. The smallest absolute Gasteiger partial charge is 0.317 e. The zero-order chi connectivity index (χ0) is 10.5. The molecule has 2 saturated heterocycles. The first-order chi connectivity index (χ1) is 7.36. The van der Waals surface area contributed by atoms with Crippen LogP contribution < -0.4 is 10.6 Å². The molecule has 86 valence electrons. The van der Waals surface area contributed by atoms with Gasteiger partial charge in [-0.3, -0.25) is 0 Å². The molecule has 2 N–H and O–H groups in total. The summed E-state index contributed by atoms with van der Waals surface area (Å²) in [5, 5.41) is 6.26. The maximum atomic E-state index is 11.2. The maximum Gasteiger partial charge on any atom is 0.317 e. The second kappa shape index (κ2) is 5.32. The monoisotopic (exact) mass is 213 g/mol. The first-order valence-electron chi connectivity index (χ1n) is 5.70. The second-order valence-corrected chi connectivity index (χ2v) is 4.06. The molecule has 0 aliphatic carbocycles. The molecule has 2 fully saturated rings. The van der Waals surface area contributed by atoms with Gasteiger partial charge in [-0.2, -0.15) is 0 Å². The predicted molar refractivity (Wildman–Crippen MR) is 56.8 cm³/mol. The Kier molecular flexibility index (Phi) is 3.80. The van der Waals surface area contributed by atoms with Crippen LogP contribution in [-0.4, -0.2) is 56.4 Å². The first kappa shape index (κ1) is 10.7. The summed E-state index contributed by atoms with van der Waals surface area (Å²) in [7, 11) is 0. The number of hydrogen-bond acceptors (Lipinski definition) is 3. The number of carbonyl (C=O) groups is 1. The van der Waals surface area contributed by atoms with Crippen LogP contribution in [0.1, 0.15) is 12.8 Å². The summed E-state index contributed by atoms with van der Waals surface area (Å²) in [5.41, 5.74) is 0. The molecule has 0 aromatic carbocycles. The Morgan fingerprint density at radius 3 is 2.93 bits per heavy atom. The number of urea groups is 1. The molecule has 0 bridgehead atoms. The molecule has 5 heteroatoms. The van der Waals surface area contributed by atoms with Gasteiger partial charge < -0.3 is 20.3 Å². The van der Waals surface area contributed by atoms with Gasteiger partial charge in [0.15, 0.2) is 0 Å². The maximum absolute atomic E-state index is 11.2. The number of nitrogens with zero attached hydrogens (tertiary/aromatic N) is 1. The van der Waals surface area contributed by atoms with Gasteiger partial charge >= 0.3 is 6.03 Å². The SMILES string of the molecule is O=C1NCCN1CCNC1CCOCC1. The molecule has 0 saturated carbocycles. The summed E-state index contributed by atoms with van der Waals surface area (Å²) in [6.45, 7) is 5.05. The van der Waals surface area contributed by atoms with Crippen LogP contribution in [0.2, 0.25) is 0 Å². The largest absolute Gasteiger partial charge is 0.381 e. The Bertz CT molecular complexity index is 217. The lowest BCUT2D eigenvalue weighted by Gasteiger charge is -2.24. The molecule has 2 heterocycles. The van der Waals surface area contributed by atoms with Crippen molar-refractivity contribution < 1.29 is 9.53 Å². The van der Waals surface area contributed by atoms with Crippen LogP contribution in [0.3, 0.4) is 0 Å². The fraction of sp³-hybridized carbons (Fsp3) is 0.900. The third-order valence-electron chi connectivity index (χ3n) is 2.98. The van der Waals surface area contributed by atoms with Crippen molar-refractivity contribution in [3.8, 4) is 0 Å². The Morgan fingerprint density at radius 2 is 2.27 bits per heavy atom. The average Bonchev–Trinajstić information content (AvgIpc) is 2.66. The summed E-state index contributed by atoms with van der Waals surface area (Å²) >= 11 is 0. The molecule has 15 heavy (non-hydrogen) atoms. The van der Waals surface area contributed by atoms with Crippen LogP contribution in [0.4, 0.5) is 4.79 Å². The van der Waals surface area contributed by atoms with Crippen LogP contribution in [0.25, 0.3) is 0 Å². The van der Waals surface area contributed by atoms with Crippen molar-refractivity contribution in [1.82, 2.24) is 15.5 Å². The molecular weight excluding hydrogens is 194 g/mol.